The maximum atomic E-state index is 12.5. The number of ether oxygens (including phenoxy) is 1. The molecule has 1 aromatic carbocycles. The highest BCUT2D eigenvalue weighted by Gasteiger charge is 2.23. The summed E-state index contributed by atoms with van der Waals surface area (Å²) in [7, 11) is 0. The first-order valence-corrected chi connectivity index (χ1v) is 9.89. The Morgan fingerprint density at radius 1 is 1.42 bits per heavy atom. The Bertz CT molecular complexity index is 871. The first kappa shape index (κ1) is 18.6. The topological polar surface area (TPSA) is 84.3 Å². The molecule has 3 rings (SSSR count). The fraction of sp³-hybridized carbons (Fsp3) is 0.278. The highest BCUT2D eigenvalue weighted by Crippen LogP contribution is 2.39. The predicted molar refractivity (Wildman–Crippen MR) is 104 cm³/mol. The van der Waals surface area contributed by atoms with Crippen molar-refractivity contribution in [2.24, 2.45) is 0 Å². The molecule has 26 heavy (non-hydrogen) atoms. The fourth-order valence-corrected chi connectivity index (χ4v) is 4.66. The monoisotopic (exact) mass is 389 g/mol. The van der Waals surface area contributed by atoms with Crippen molar-refractivity contribution in [1.29, 1.82) is 0 Å². The number of amides is 1. The molecule has 1 atom stereocenters. The van der Waals surface area contributed by atoms with E-state index in [1.807, 2.05) is 31.2 Å². The lowest BCUT2D eigenvalue weighted by Gasteiger charge is -2.14. The molecule has 0 spiro atoms. The lowest BCUT2D eigenvalue weighted by molar-refractivity contribution is -0.120. The van der Waals surface area contributed by atoms with Crippen molar-refractivity contribution in [1.82, 2.24) is 15.3 Å². The molecule has 1 amide bonds. The summed E-state index contributed by atoms with van der Waals surface area (Å²) in [5.74, 6) is 0.635. The van der Waals surface area contributed by atoms with E-state index in [1.54, 1.807) is 18.5 Å². The molecule has 2 heterocycles. The van der Waals surface area contributed by atoms with Gasteiger partial charge in [-0.05, 0) is 36.8 Å². The van der Waals surface area contributed by atoms with Crippen molar-refractivity contribution in [3.8, 4) is 5.75 Å². The number of hydrogen-bond acceptors (Lipinski definition) is 7. The van der Waals surface area contributed by atoms with Crippen molar-refractivity contribution < 1.29 is 14.6 Å². The summed E-state index contributed by atoms with van der Waals surface area (Å²) >= 11 is 2.90. The van der Waals surface area contributed by atoms with Gasteiger partial charge in [0.1, 0.15) is 11.0 Å². The Morgan fingerprint density at radius 2 is 2.31 bits per heavy atom. The third-order valence-electron chi connectivity index (χ3n) is 3.51. The quantitative estimate of drug-likeness (QED) is 0.576. The molecule has 8 heteroatoms. The third kappa shape index (κ3) is 4.51. The van der Waals surface area contributed by atoms with Crippen molar-refractivity contribution >= 4 is 39.2 Å². The van der Waals surface area contributed by atoms with E-state index in [4.69, 9.17) is 9.84 Å². The number of rotatable bonds is 8. The minimum Gasteiger partial charge on any atom is -0.494 e. The molecular weight excluding hydrogens is 370 g/mol. The molecule has 0 fully saturated rings. The van der Waals surface area contributed by atoms with E-state index in [-0.39, 0.29) is 19.1 Å². The number of nitrogens with zero attached hydrogens (tertiary/aromatic N) is 2. The zero-order chi connectivity index (χ0) is 18.4. The summed E-state index contributed by atoms with van der Waals surface area (Å²) in [6.07, 6.45) is 3.35. The number of nitrogens with one attached hydrogen (secondary N) is 1. The molecule has 0 radical (unpaired) electrons. The smallest absolute Gasteiger partial charge is 0.238 e. The summed E-state index contributed by atoms with van der Waals surface area (Å²) in [5, 5.41) is 11.2. The SMILES string of the molecule is CCOc1ccc2nc(SC(C(=O)NCCO)c3cccnc3)sc2c1. The van der Waals surface area contributed by atoms with E-state index in [2.05, 4.69) is 15.3 Å². The molecule has 136 valence electrons. The first-order valence-electron chi connectivity index (χ1n) is 8.19. The van der Waals surface area contributed by atoms with E-state index >= 15 is 0 Å². The molecule has 1 unspecified atom stereocenters. The molecule has 0 aliphatic carbocycles. The van der Waals surface area contributed by atoms with Crippen LogP contribution in [0.25, 0.3) is 10.2 Å². The standard InChI is InChI=1S/C18H19N3O3S2/c1-2-24-13-5-6-14-15(10-13)25-18(21-14)26-16(17(23)20-8-9-22)12-4-3-7-19-11-12/h3-7,10-11,16,22H,2,8-9H2,1H3,(H,20,23). The molecule has 0 aliphatic rings. The van der Waals surface area contributed by atoms with E-state index in [1.165, 1.54) is 23.1 Å². The van der Waals surface area contributed by atoms with Crippen LogP contribution in [0.2, 0.25) is 0 Å². The van der Waals surface area contributed by atoms with Gasteiger partial charge in [0.2, 0.25) is 5.91 Å². The predicted octanol–water partition coefficient (Wildman–Crippen LogP) is 3.03. The van der Waals surface area contributed by atoms with Gasteiger partial charge in [0.15, 0.2) is 4.34 Å². The van der Waals surface area contributed by atoms with Crippen LogP contribution in [0.4, 0.5) is 0 Å². The fourth-order valence-electron chi connectivity index (χ4n) is 2.37. The minimum atomic E-state index is -0.484. The van der Waals surface area contributed by atoms with Gasteiger partial charge in [-0.3, -0.25) is 9.78 Å². The van der Waals surface area contributed by atoms with Gasteiger partial charge in [0.05, 0.1) is 23.4 Å². The van der Waals surface area contributed by atoms with Gasteiger partial charge < -0.3 is 15.2 Å². The molecule has 2 N–H and O–H groups in total. The summed E-state index contributed by atoms with van der Waals surface area (Å²) < 4.78 is 7.34. The van der Waals surface area contributed by atoms with Crippen molar-refractivity contribution in [2.75, 3.05) is 19.8 Å². The van der Waals surface area contributed by atoms with Crippen LogP contribution in [0.1, 0.15) is 17.7 Å². The van der Waals surface area contributed by atoms with Gasteiger partial charge in [-0.1, -0.05) is 17.8 Å². The zero-order valence-corrected chi connectivity index (χ0v) is 15.8. The third-order valence-corrected chi connectivity index (χ3v) is 5.87. The second-order valence-corrected chi connectivity index (χ2v) is 7.72. The maximum absolute atomic E-state index is 12.5. The van der Waals surface area contributed by atoms with Crippen LogP contribution >= 0.6 is 23.1 Å². The highest BCUT2D eigenvalue weighted by molar-refractivity contribution is 8.02. The number of fused-ring (bicyclic) bond motifs is 1. The molecular formula is C18H19N3O3S2. The van der Waals surface area contributed by atoms with Gasteiger partial charge >= 0.3 is 0 Å². The normalized spacial score (nSPS) is 12.1. The van der Waals surface area contributed by atoms with Gasteiger partial charge in [0.25, 0.3) is 0 Å². The Labute approximate surface area is 159 Å². The van der Waals surface area contributed by atoms with Crippen LogP contribution in [-0.4, -0.2) is 40.7 Å². The van der Waals surface area contributed by atoms with E-state index in [0.29, 0.717) is 6.61 Å². The molecule has 0 saturated carbocycles. The summed E-state index contributed by atoms with van der Waals surface area (Å²) in [5.41, 5.74) is 1.67. The molecule has 2 aromatic heterocycles. The number of aliphatic hydroxyl groups is 1. The van der Waals surface area contributed by atoms with E-state index in [0.717, 1.165) is 25.9 Å². The van der Waals surface area contributed by atoms with Crippen molar-refractivity contribution in [2.45, 2.75) is 16.5 Å². The zero-order valence-electron chi connectivity index (χ0n) is 14.2. The number of hydrogen-bond donors (Lipinski definition) is 2. The number of thiazole rings is 1. The Balaban J connectivity index is 1.86. The van der Waals surface area contributed by atoms with Crippen LogP contribution < -0.4 is 10.1 Å². The molecule has 0 aliphatic heterocycles. The lowest BCUT2D eigenvalue weighted by Crippen LogP contribution is -2.30. The van der Waals surface area contributed by atoms with Gasteiger partial charge in [-0.2, -0.15) is 0 Å². The van der Waals surface area contributed by atoms with Gasteiger partial charge in [0, 0.05) is 18.9 Å². The average Bonchev–Trinajstić information content (AvgIpc) is 3.07. The van der Waals surface area contributed by atoms with Crippen LogP contribution in [0.5, 0.6) is 5.75 Å². The Morgan fingerprint density at radius 3 is 3.04 bits per heavy atom. The second-order valence-electron chi connectivity index (χ2n) is 5.34. The highest BCUT2D eigenvalue weighted by atomic mass is 32.2. The number of aromatic nitrogens is 2. The average molecular weight is 390 g/mol. The van der Waals surface area contributed by atoms with Crippen molar-refractivity contribution in [3.05, 3.63) is 48.3 Å². The Hall–Kier alpha value is -2.16. The number of carbonyl (C=O) groups excluding carboxylic acids is 1. The second kappa shape index (κ2) is 8.98. The molecule has 6 nitrogen and oxygen atoms in total. The van der Waals surface area contributed by atoms with Gasteiger partial charge in [-0.15, -0.1) is 11.3 Å². The van der Waals surface area contributed by atoms with E-state index in [9.17, 15) is 4.79 Å². The Kier molecular flexibility index (Phi) is 6.43. The van der Waals surface area contributed by atoms with E-state index < -0.39 is 5.25 Å². The first-order chi connectivity index (χ1) is 12.7. The van der Waals surface area contributed by atoms with Crippen LogP contribution in [0.15, 0.2) is 47.1 Å². The molecule has 0 bridgehead atoms. The number of benzene rings is 1. The van der Waals surface area contributed by atoms with Crippen LogP contribution in [-0.2, 0) is 4.79 Å². The number of carbonyl (C=O) groups is 1. The van der Waals surface area contributed by atoms with Crippen LogP contribution in [0.3, 0.4) is 0 Å². The minimum absolute atomic E-state index is 0.0997. The number of pyridine rings is 1. The van der Waals surface area contributed by atoms with Crippen LogP contribution in [0, 0.1) is 0 Å². The largest absolute Gasteiger partial charge is 0.494 e. The summed E-state index contributed by atoms with van der Waals surface area (Å²) in [4.78, 5) is 21.3. The maximum Gasteiger partial charge on any atom is 0.238 e. The van der Waals surface area contributed by atoms with Crippen molar-refractivity contribution in [3.63, 3.8) is 0 Å². The summed E-state index contributed by atoms with van der Waals surface area (Å²) in [6, 6.07) is 9.45. The van der Waals surface area contributed by atoms with Gasteiger partial charge in [-0.25, -0.2) is 4.98 Å². The molecule has 3 aromatic rings. The number of thioether (sulfide) groups is 1. The molecule has 0 saturated heterocycles. The lowest BCUT2D eigenvalue weighted by atomic mass is 10.2. The summed E-state index contributed by atoms with van der Waals surface area (Å²) in [6.45, 7) is 2.67. The number of aliphatic hydroxyl groups excluding tert-OH is 1.